The Kier molecular flexibility index (Phi) is 6.29. The Balaban J connectivity index is 0.00000324. The molecule has 108 valence electrons. The Labute approximate surface area is 119 Å². The minimum Gasteiger partial charge on any atom is -0.507 e. The summed E-state index contributed by atoms with van der Waals surface area (Å²) in [6.45, 7) is 6.33. The molecule has 0 fully saturated rings. The van der Waals surface area contributed by atoms with Crippen LogP contribution in [-0.4, -0.2) is 28.2 Å². The Morgan fingerprint density at radius 3 is 2.47 bits per heavy atom. The van der Waals surface area contributed by atoms with Crippen molar-refractivity contribution in [2.75, 3.05) is 6.54 Å². The number of amides is 1. The van der Waals surface area contributed by atoms with Crippen LogP contribution in [0.5, 0.6) is 5.75 Å². The lowest BCUT2D eigenvalue weighted by molar-refractivity contribution is 0.0997. The molecule has 1 atom stereocenters. The van der Waals surface area contributed by atoms with Gasteiger partial charge in [-0.25, -0.2) is 0 Å². The van der Waals surface area contributed by atoms with E-state index in [9.17, 15) is 15.0 Å². The SMILES string of the molecule is CC(C)(C)NCC(O)c1ccc(O)c(C(N)=O)c1.Cl. The van der Waals surface area contributed by atoms with Crippen LogP contribution in [0.4, 0.5) is 0 Å². The highest BCUT2D eigenvalue weighted by atomic mass is 35.5. The van der Waals surface area contributed by atoms with Gasteiger partial charge in [-0.3, -0.25) is 4.79 Å². The number of aliphatic hydroxyl groups excluding tert-OH is 1. The Morgan fingerprint density at radius 1 is 1.42 bits per heavy atom. The van der Waals surface area contributed by atoms with Gasteiger partial charge in [-0.1, -0.05) is 6.07 Å². The Morgan fingerprint density at radius 2 is 2.00 bits per heavy atom. The van der Waals surface area contributed by atoms with Crippen LogP contribution in [0.25, 0.3) is 0 Å². The molecular formula is C13H21ClN2O3. The molecule has 1 rings (SSSR count). The van der Waals surface area contributed by atoms with Crippen LogP contribution in [0.15, 0.2) is 18.2 Å². The van der Waals surface area contributed by atoms with Gasteiger partial charge in [0.25, 0.3) is 5.91 Å². The minimum atomic E-state index is -0.761. The van der Waals surface area contributed by atoms with Crippen LogP contribution in [-0.2, 0) is 0 Å². The third-order valence-corrected chi connectivity index (χ3v) is 2.50. The lowest BCUT2D eigenvalue weighted by Gasteiger charge is -2.23. The van der Waals surface area contributed by atoms with Gasteiger partial charge in [0.05, 0.1) is 11.7 Å². The highest BCUT2D eigenvalue weighted by molar-refractivity contribution is 5.95. The van der Waals surface area contributed by atoms with Crippen LogP contribution >= 0.6 is 12.4 Å². The highest BCUT2D eigenvalue weighted by Gasteiger charge is 2.16. The molecule has 1 aromatic carbocycles. The summed E-state index contributed by atoms with van der Waals surface area (Å²) in [6, 6.07) is 4.33. The van der Waals surface area contributed by atoms with Crippen molar-refractivity contribution in [2.24, 2.45) is 5.73 Å². The third kappa shape index (κ3) is 5.46. The largest absolute Gasteiger partial charge is 0.507 e. The molecule has 0 saturated heterocycles. The molecule has 0 spiro atoms. The summed E-state index contributed by atoms with van der Waals surface area (Å²) in [4.78, 5) is 11.1. The maximum Gasteiger partial charge on any atom is 0.252 e. The van der Waals surface area contributed by atoms with E-state index in [-0.39, 0.29) is 29.3 Å². The third-order valence-electron chi connectivity index (χ3n) is 2.50. The molecule has 0 aliphatic carbocycles. The van der Waals surface area contributed by atoms with E-state index in [0.717, 1.165) is 0 Å². The number of primary amides is 1. The van der Waals surface area contributed by atoms with Crippen molar-refractivity contribution in [3.05, 3.63) is 29.3 Å². The summed E-state index contributed by atoms with van der Waals surface area (Å²) in [5.41, 5.74) is 5.58. The van der Waals surface area contributed by atoms with E-state index in [1.807, 2.05) is 20.8 Å². The van der Waals surface area contributed by atoms with Crippen molar-refractivity contribution in [3.8, 4) is 5.75 Å². The molecule has 0 saturated carbocycles. The first kappa shape index (κ1) is 17.7. The molecule has 5 nitrogen and oxygen atoms in total. The normalized spacial score (nSPS) is 12.6. The second kappa shape index (κ2) is 6.75. The summed E-state index contributed by atoms with van der Waals surface area (Å²) in [5, 5.41) is 22.6. The first-order chi connectivity index (χ1) is 8.20. The second-order valence-corrected chi connectivity index (χ2v) is 5.29. The van der Waals surface area contributed by atoms with Crippen molar-refractivity contribution in [3.63, 3.8) is 0 Å². The van der Waals surface area contributed by atoms with Gasteiger partial charge in [0.15, 0.2) is 0 Å². The van der Waals surface area contributed by atoms with Crippen molar-refractivity contribution in [1.82, 2.24) is 5.32 Å². The first-order valence-corrected chi connectivity index (χ1v) is 5.76. The molecule has 1 amide bonds. The van der Waals surface area contributed by atoms with Gasteiger partial charge in [0.1, 0.15) is 5.75 Å². The van der Waals surface area contributed by atoms with Crippen molar-refractivity contribution in [1.29, 1.82) is 0 Å². The van der Waals surface area contributed by atoms with Gasteiger partial charge in [-0.2, -0.15) is 0 Å². The number of hydrogen-bond donors (Lipinski definition) is 4. The molecular weight excluding hydrogens is 268 g/mol. The van der Waals surface area contributed by atoms with E-state index in [0.29, 0.717) is 12.1 Å². The number of aromatic hydroxyl groups is 1. The maximum atomic E-state index is 11.1. The van der Waals surface area contributed by atoms with Crippen LogP contribution in [0, 0.1) is 0 Å². The van der Waals surface area contributed by atoms with Crippen molar-refractivity contribution < 1.29 is 15.0 Å². The number of benzene rings is 1. The van der Waals surface area contributed by atoms with Gasteiger partial charge < -0.3 is 21.3 Å². The number of nitrogens with two attached hydrogens (primary N) is 1. The molecule has 0 bridgehead atoms. The zero-order chi connectivity index (χ0) is 13.9. The lowest BCUT2D eigenvalue weighted by Crippen LogP contribution is -2.38. The summed E-state index contributed by atoms with van der Waals surface area (Å²) < 4.78 is 0. The quantitative estimate of drug-likeness (QED) is 0.672. The van der Waals surface area contributed by atoms with Crippen LogP contribution < -0.4 is 11.1 Å². The zero-order valence-electron chi connectivity index (χ0n) is 11.3. The fourth-order valence-electron chi connectivity index (χ4n) is 1.48. The number of rotatable bonds is 4. The standard InChI is InChI=1S/C13H20N2O3.ClH/c1-13(2,3)15-7-11(17)8-4-5-10(16)9(6-8)12(14)18;/h4-6,11,15-17H,7H2,1-3H3,(H2,14,18);1H. The average molecular weight is 289 g/mol. The van der Waals surface area contributed by atoms with Crippen LogP contribution in [0.2, 0.25) is 0 Å². The predicted molar refractivity (Wildman–Crippen MR) is 76.6 cm³/mol. The van der Waals surface area contributed by atoms with Gasteiger partial charge in [-0.15, -0.1) is 12.4 Å². The Hall–Kier alpha value is -1.30. The molecule has 19 heavy (non-hydrogen) atoms. The topological polar surface area (TPSA) is 95.6 Å². The number of hydrogen-bond acceptors (Lipinski definition) is 4. The summed E-state index contributed by atoms with van der Waals surface area (Å²) in [5.74, 6) is -0.896. The number of β-amino-alcohol motifs (C(OH)–C–C–N with tert-alkyl or cyclic N) is 1. The van der Waals surface area contributed by atoms with Gasteiger partial charge >= 0.3 is 0 Å². The fourth-order valence-corrected chi connectivity index (χ4v) is 1.48. The molecule has 0 aliphatic rings. The average Bonchev–Trinajstić information content (AvgIpc) is 2.25. The van der Waals surface area contributed by atoms with Crippen LogP contribution in [0.3, 0.4) is 0 Å². The second-order valence-electron chi connectivity index (χ2n) is 5.29. The first-order valence-electron chi connectivity index (χ1n) is 5.76. The van der Waals surface area contributed by atoms with Crippen molar-refractivity contribution >= 4 is 18.3 Å². The maximum absolute atomic E-state index is 11.1. The summed E-state index contributed by atoms with van der Waals surface area (Å²) in [7, 11) is 0. The fraction of sp³-hybridized carbons (Fsp3) is 0.462. The number of nitrogens with one attached hydrogen (secondary N) is 1. The van der Waals surface area contributed by atoms with E-state index in [1.54, 1.807) is 6.07 Å². The molecule has 0 heterocycles. The predicted octanol–water partition coefficient (Wildman–Crippen LogP) is 1.33. The molecule has 1 aromatic rings. The summed E-state index contributed by atoms with van der Waals surface area (Å²) >= 11 is 0. The van der Waals surface area contributed by atoms with Crippen LogP contribution in [0.1, 0.15) is 42.8 Å². The van der Waals surface area contributed by atoms with E-state index in [1.165, 1.54) is 12.1 Å². The molecule has 6 heteroatoms. The highest BCUT2D eigenvalue weighted by Crippen LogP contribution is 2.22. The Bertz CT molecular complexity index is 444. The number of phenols is 1. The minimum absolute atomic E-state index is 0. The number of halogens is 1. The molecule has 5 N–H and O–H groups in total. The van der Waals surface area contributed by atoms with E-state index in [4.69, 9.17) is 5.73 Å². The van der Waals surface area contributed by atoms with E-state index >= 15 is 0 Å². The number of carbonyl (C=O) groups excluding carboxylic acids is 1. The monoisotopic (exact) mass is 288 g/mol. The van der Waals surface area contributed by atoms with Crippen molar-refractivity contribution in [2.45, 2.75) is 32.4 Å². The smallest absolute Gasteiger partial charge is 0.252 e. The lowest BCUT2D eigenvalue weighted by atomic mass is 10.0. The molecule has 0 aromatic heterocycles. The van der Waals surface area contributed by atoms with E-state index < -0.39 is 12.0 Å². The van der Waals surface area contributed by atoms with Gasteiger partial charge in [-0.05, 0) is 38.5 Å². The van der Waals surface area contributed by atoms with Gasteiger partial charge in [0.2, 0.25) is 0 Å². The van der Waals surface area contributed by atoms with Gasteiger partial charge in [0, 0.05) is 12.1 Å². The molecule has 0 aliphatic heterocycles. The number of carbonyl (C=O) groups is 1. The number of aliphatic hydroxyl groups is 1. The zero-order valence-corrected chi connectivity index (χ0v) is 12.1. The summed E-state index contributed by atoms with van der Waals surface area (Å²) in [6.07, 6.45) is -0.761. The molecule has 0 radical (unpaired) electrons. The molecule has 1 unspecified atom stereocenters. The van der Waals surface area contributed by atoms with E-state index in [2.05, 4.69) is 5.32 Å².